The third kappa shape index (κ3) is 8.03. The van der Waals surface area contributed by atoms with Gasteiger partial charge in [-0.1, -0.05) is 62.6 Å². The first-order chi connectivity index (χ1) is 16.8. The van der Waals surface area contributed by atoms with Crippen molar-refractivity contribution in [2.75, 3.05) is 19.6 Å². The molecule has 0 saturated carbocycles. The van der Waals surface area contributed by atoms with Crippen LogP contribution in [0.4, 0.5) is 4.39 Å². The number of hydrogen-bond donors (Lipinski definition) is 1. The van der Waals surface area contributed by atoms with Crippen LogP contribution < -0.4 is 0 Å². The first kappa shape index (κ1) is 27.6. The fraction of sp³-hybridized carbons (Fsp3) is 0.552. The van der Waals surface area contributed by atoms with Crippen LogP contribution in [0, 0.1) is 11.7 Å². The third-order valence-corrected chi connectivity index (χ3v) is 7.37. The maximum atomic E-state index is 13.5. The summed E-state index contributed by atoms with van der Waals surface area (Å²) in [6.45, 7) is 6.63. The van der Waals surface area contributed by atoms with E-state index in [1.807, 2.05) is 24.3 Å². The molecule has 0 amide bonds. The average Bonchev–Trinajstić information content (AvgIpc) is 2.85. The topological polar surface area (TPSA) is 49.8 Å². The van der Waals surface area contributed by atoms with E-state index in [1.54, 1.807) is 12.1 Å². The van der Waals surface area contributed by atoms with Gasteiger partial charge in [-0.2, -0.15) is 0 Å². The molecule has 1 N–H and O–H groups in total. The SMILES string of the molecule is CCCC(CCC)C(=O)O[C@H](CCCN1CCC(O)(c2ccc(Cl)cc2)CC1)c1ccc(F)cc1. The Balaban J connectivity index is 1.56. The summed E-state index contributed by atoms with van der Waals surface area (Å²) in [5.74, 6) is -0.523. The molecule has 0 spiro atoms. The Morgan fingerprint density at radius 2 is 1.63 bits per heavy atom. The lowest BCUT2D eigenvalue weighted by Gasteiger charge is -2.38. The molecule has 1 fully saturated rings. The quantitative estimate of drug-likeness (QED) is 0.315. The Morgan fingerprint density at radius 1 is 1.03 bits per heavy atom. The number of benzene rings is 2. The van der Waals surface area contributed by atoms with Crippen LogP contribution in [0.2, 0.25) is 5.02 Å². The molecule has 6 heteroatoms. The molecular weight excluding hydrogens is 465 g/mol. The number of rotatable bonds is 12. The van der Waals surface area contributed by atoms with Crippen molar-refractivity contribution in [1.29, 1.82) is 0 Å². The molecule has 1 atom stereocenters. The highest BCUT2D eigenvalue weighted by atomic mass is 35.5. The average molecular weight is 504 g/mol. The van der Waals surface area contributed by atoms with Gasteiger partial charge in [0.25, 0.3) is 0 Å². The van der Waals surface area contributed by atoms with Crippen molar-refractivity contribution in [2.45, 2.75) is 76.9 Å². The van der Waals surface area contributed by atoms with Crippen LogP contribution in [0.1, 0.15) is 82.4 Å². The van der Waals surface area contributed by atoms with Crippen molar-refractivity contribution in [3.05, 3.63) is 70.5 Å². The molecule has 1 heterocycles. The Bertz CT molecular complexity index is 905. The summed E-state index contributed by atoms with van der Waals surface area (Å²) < 4.78 is 19.5. The maximum absolute atomic E-state index is 13.5. The molecule has 1 aliphatic rings. The Labute approximate surface area is 214 Å². The largest absolute Gasteiger partial charge is 0.457 e. The number of carbonyl (C=O) groups is 1. The minimum absolute atomic E-state index is 0.0828. The zero-order valence-electron chi connectivity index (χ0n) is 21.0. The standard InChI is InChI=1S/C29H39ClFNO3/c1-3-6-23(7-4-2)28(33)35-27(22-9-15-26(31)16-10-22)8-5-19-32-20-17-29(34,18-21-32)24-11-13-25(30)14-12-24/h9-16,23,27,34H,3-8,17-21H2,1-2H3/t27-/m1/s1. The van der Waals surface area contributed by atoms with Gasteiger partial charge in [0.15, 0.2) is 0 Å². The number of likely N-dealkylation sites (tertiary alicyclic amines) is 1. The number of ether oxygens (including phenoxy) is 1. The van der Waals surface area contributed by atoms with E-state index in [1.165, 1.54) is 12.1 Å². The lowest BCUT2D eigenvalue weighted by Crippen LogP contribution is -2.42. The van der Waals surface area contributed by atoms with E-state index in [4.69, 9.17) is 16.3 Å². The van der Waals surface area contributed by atoms with Gasteiger partial charge in [-0.15, -0.1) is 0 Å². The maximum Gasteiger partial charge on any atom is 0.309 e. The van der Waals surface area contributed by atoms with Gasteiger partial charge in [0, 0.05) is 18.1 Å². The second kappa shape index (κ2) is 13.4. The monoisotopic (exact) mass is 503 g/mol. The molecule has 0 bridgehead atoms. The summed E-state index contributed by atoms with van der Waals surface area (Å²) in [6, 6.07) is 13.7. The number of carbonyl (C=O) groups excluding carboxylic acids is 1. The molecule has 1 aliphatic heterocycles. The van der Waals surface area contributed by atoms with Crippen LogP contribution in [0.3, 0.4) is 0 Å². The van der Waals surface area contributed by atoms with E-state index in [2.05, 4.69) is 18.7 Å². The van der Waals surface area contributed by atoms with Gasteiger partial charge in [0.2, 0.25) is 0 Å². The molecule has 0 unspecified atom stereocenters. The molecule has 0 aliphatic carbocycles. The van der Waals surface area contributed by atoms with Gasteiger partial charge < -0.3 is 14.7 Å². The van der Waals surface area contributed by atoms with Gasteiger partial charge in [0.05, 0.1) is 11.5 Å². The fourth-order valence-electron chi connectivity index (χ4n) is 4.98. The van der Waals surface area contributed by atoms with E-state index in [-0.39, 0.29) is 23.8 Å². The van der Waals surface area contributed by atoms with Crippen molar-refractivity contribution in [1.82, 2.24) is 4.90 Å². The molecule has 35 heavy (non-hydrogen) atoms. The zero-order valence-corrected chi connectivity index (χ0v) is 21.8. The second-order valence-electron chi connectivity index (χ2n) is 9.77. The number of nitrogens with zero attached hydrogens (tertiary/aromatic N) is 1. The summed E-state index contributed by atoms with van der Waals surface area (Å²) in [7, 11) is 0. The number of halogens is 2. The van der Waals surface area contributed by atoms with Crippen LogP contribution in [-0.2, 0) is 15.1 Å². The van der Waals surface area contributed by atoms with Crippen LogP contribution >= 0.6 is 11.6 Å². The van der Waals surface area contributed by atoms with E-state index >= 15 is 0 Å². The number of aliphatic hydroxyl groups is 1. The number of piperidine rings is 1. The first-order valence-electron chi connectivity index (χ1n) is 13.0. The highest BCUT2D eigenvalue weighted by Gasteiger charge is 2.34. The van der Waals surface area contributed by atoms with Crippen LogP contribution in [-0.4, -0.2) is 35.6 Å². The van der Waals surface area contributed by atoms with Crippen molar-refractivity contribution < 1.29 is 19.0 Å². The molecule has 0 aromatic heterocycles. The molecule has 4 nitrogen and oxygen atoms in total. The predicted molar refractivity (Wildman–Crippen MR) is 139 cm³/mol. The third-order valence-electron chi connectivity index (χ3n) is 7.11. The lowest BCUT2D eigenvalue weighted by molar-refractivity contribution is -0.155. The fourth-order valence-corrected chi connectivity index (χ4v) is 5.11. The summed E-state index contributed by atoms with van der Waals surface area (Å²) >= 11 is 5.99. The summed E-state index contributed by atoms with van der Waals surface area (Å²) in [4.78, 5) is 15.3. The van der Waals surface area contributed by atoms with Gasteiger partial charge in [0.1, 0.15) is 11.9 Å². The molecule has 1 saturated heterocycles. The van der Waals surface area contributed by atoms with E-state index in [9.17, 15) is 14.3 Å². The Hall–Kier alpha value is -1.95. The van der Waals surface area contributed by atoms with Crippen LogP contribution in [0.25, 0.3) is 0 Å². The molecule has 192 valence electrons. The number of esters is 1. The molecular formula is C29H39ClFNO3. The first-order valence-corrected chi connectivity index (χ1v) is 13.4. The Morgan fingerprint density at radius 3 is 2.20 bits per heavy atom. The summed E-state index contributed by atoms with van der Waals surface area (Å²) in [5, 5.41) is 11.8. The summed E-state index contributed by atoms with van der Waals surface area (Å²) in [6.07, 6.45) is 6.02. The number of hydrogen-bond acceptors (Lipinski definition) is 4. The van der Waals surface area contributed by atoms with E-state index < -0.39 is 5.60 Å². The zero-order chi connectivity index (χ0) is 25.3. The van der Waals surface area contributed by atoms with Crippen LogP contribution in [0.15, 0.2) is 48.5 Å². The van der Waals surface area contributed by atoms with Crippen molar-refractivity contribution >= 4 is 17.6 Å². The minimum Gasteiger partial charge on any atom is -0.457 e. The summed E-state index contributed by atoms with van der Waals surface area (Å²) in [5.41, 5.74) is 0.932. The van der Waals surface area contributed by atoms with Gasteiger partial charge in [-0.3, -0.25) is 4.79 Å². The van der Waals surface area contributed by atoms with Crippen molar-refractivity contribution in [3.63, 3.8) is 0 Å². The van der Waals surface area contributed by atoms with E-state index in [0.29, 0.717) is 24.3 Å². The highest BCUT2D eigenvalue weighted by molar-refractivity contribution is 6.30. The molecule has 2 aromatic carbocycles. The van der Waals surface area contributed by atoms with Crippen molar-refractivity contribution in [3.8, 4) is 0 Å². The van der Waals surface area contributed by atoms with Crippen LogP contribution in [0.5, 0.6) is 0 Å². The molecule has 3 rings (SSSR count). The predicted octanol–water partition coefficient (Wildman–Crippen LogP) is 7.04. The molecule has 0 radical (unpaired) electrons. The lowest BCUT2D eigenvalue weighted by atomic mass is 9.84. The second-order valence-corrected chi connectivity index (χ2v) is 10.2. The van der Waals surface area contributed by atoms with Crippen molar-refractivity contribution in [2.24, 2.45) is 5.92 Å². The van der Waals surface area contributed by atoms with E-state index in [0.717, 1.165) is 62.9 Å². The van der Waals surface area contributed by atoms with Gasteiger partial charge in [-0.05, 0) is 80.5 Å². The minimum atomic E-state index is -0.819. The van der Waals surface area contributed by atoms with Gasteiger partial charge in [-0.25, -0.2) is 4.39 Å². The highest BCUT2D eigenvalue weighted by Crippen LogP contribution is 2.34. The molecule has 2 aromatic rings. The van der Waals surface area contributed by atoms with Gasteiger partial charge >= 0.3 is 5.97 Å². The normalized spacial score (nSPS) is 16.9. The smallest absolute Gasteiger partial charge is 0.309 e. The Kier molecular flexibility index (Phi) is 10.6.